The number of aliphatic hydroxyl groups excluding tert-OH is 9. The Bertz CT molecular complexity index is 1690. The molecule has 3 saturated heterocycles. The summed E-state index contributed by atoms with van der Waals surface area (Å²) in [6.45, 7) is -0.893. The van der Waals surface area contributed by atoms with Crippen molar-refractivity contribution in [2.24, 2.45) is 5.73 Å². The molecule has 17 atom stereocenters. The Morgan fingerprint density at radius 2 is 1.44 bits per heavy atom. The summed E-state index contributed by atoms with van der Waals surface area (Å²) in [5.74, 6) is -8.30. The van der Waals surface area contributed by atoms with Crippen LogP contribution < -0.4 is 26.4 Å². The minimum Gasteiger partial charge on any atom is -0.480 e. The highest BCUT2D eigenvalue weighted by molar-refractivity contribution is 5.91. The molecule has 0 aliphatic carbocycles. The van der Waals surface area contributed by atoms with Crippen molar-refractivity contribution in [3.05, 3.63) is 24.3 Å². The molecule has 3 aliphatic heterocycles. The summed E-state index contributed by atoms with van der Waals surface area (Å²) in [7, 11) is 0. The van der Waals surface area contributed by atoms with Gasteiger partial charge in [0.25, 0.3) is 5.79 Å². The maximum Gasteiger partial charge on any atom is 0.364 e. The number of nitrogens with two attached hydrogens (primary N) is 1. The minimum absolute atomic E-state index is 0.0664. The number of carboxylic acids is 2. The van der Waals surface area contributed by atoms with Crippen molar-refractivity contribution in [1.29, 1.82) is 0 Å². The Morgan fingerprint density at radius 3 is 1.98 bits per heavy atom. The van der Waals surface area contributed by atoms with Crippen LogP contribution in [0.3, 0.4) is 0 Å². The fraction of sp³-hybridized carbons (Fsp3) is 0.694. The van der Waals surface area contributed by atoms with Crippen LogP contribution in [0.1, 0.15) is 33.1 Å². The topological polar surface area (TPSA) is 425 Å². The van der Waals surface area contributed by atoms with Gasteiger partial charge in [-0.2, -0.15) is 0 Å². The number of amides is 3. The van der Waals surface area contributed by atoms with Crippen molar-refractivity contribution >= 4 is 35.3 Å². The Kier molecular flexibility index (Phi) is 17.8. The molecule has 0 radical (unpaired) electrons. The number of rotatable bonds is 19. The van der Waals surface area contributed by atoms with E-state index in [2.05, 4.69) is 16.0 Å². The van der Waals surface area contributed by atoms with Crippen molar-refractivity contribution in [3.63, 3.8) is 0 Å². The molecule has 26 nitrogen and oxygen atoms in total. The van der Waals surface area contributed by atoms with Crippen LogP contribution >= 0.6 is 0 Å². The lowest BCUT2D eigenvalue weighted by molar-refractivity contribution is -0.381. The Balaban J connectivity index is 1.56. The number of aliphatic hydroxyl groups is 9. The summed E-state index contributed by atoms with van der Waals surface area (Å²) in [4.78, 5) is 60.3. The van der Waals surface area contributed by atoms with Crippen LogP contribution in [0, 0.1) is 0 Å². The summed E-state index contributed by atoms with van der Waals surface area (Å²) in [6, 6.07) is 1.26. The molecule has 26 heteroatoms. The molecule has 3 heterocycles. The van der Waals surface area contributed by atoms with E-state index < -0.39 is 160 Å². The van der Waals surface area contributed by atoms with E-state index in [9.17, 15) is 75.0 Å². The summed E-state index contributed by atoms with van der Waals surface area (Å²) in [5, 5.41) is 123. The fourth-order valence-corrected chi connectivity index (χ4v) is 7.04. The van der Waals surface area contributed by atoms with Crippen LogP contribution in [0.4, 0.5) is 5.69 Å². The number of carboxylic acid groups (broad SMARTS) is 2. The normalized spacial score (nSPS) is 35.1. The van der Waals surface area contributed by atoms with E-state index in [0.29, 0.717) is 0 Å². The number of aliphatic carboxylic acids is 2. The summed E-state index contributed by atoms with van der Waals surface area (Å²) < 4.78 is 34.5. The Labute approximate surface area is 352 Å². The molecule has 0 spiro atoms. The van der Waals surface area contributed by atoms with Crippen molar-refractivity contribution in [2.45, 2.75) is 137 Å². The molecular weight excluding hydrogens is 840 g/mol. The summed E-state index contributed by atoms with van der Waals surface area (Å²) in [5.41, 5.74) is 5.71. The zero-order chi connectivity index (χ0) is 46.2. The lowest BCUT2D eigenvalue weighted by atomic mass is 9.88. The first-order chi connectivity index (χ1) is 29.2. The SMILES string of the molecule is CC(=O)N[C@H]1[C@@H](Oc2ccc(NC(=O)CC[C@H](N)C(=O)O)cc2)O[C@H](CO)[C@H](O[C@@H]2O[C@H](CO)[C@H](O)[C@H](O[C@]3(C(=O)O)C[C@H](O)[C@@H](NC(C)=O)[C@H]([C@H](O)[C@H](O)CO)O3)[C@H]2O)[C@@H]1O. The highest BCUT2D eigenvalue weighted by Crippen LogP contribution is 2.38. The molecule has 0 bridgehead atoms. The van der Waals surface area contributed by atoms with E-state index in [0.717, 1.165) is 13.8 Å². The maximum absolute atomic E-state index is 12.8. The number of nitrogens with one attached hydrogen (secondary N) is 3. The van der Waals surface area contributed by atoms with Gasteiger partial charge in [0.05, 0.1) is 32.0 Å². The van der Waals surface area contributed by atoms with E-state index in [1.165, 1.54) is 24.3 Å². The van der Waals surface area contributed by atoms with E-state index in [1.54, 1.807) is 0 Å². The zero-order valence-corrected chi connectivity index (χ0v) is 33.3. The van der Waals surface area contributed by atoms with Gasteiger partial charge >= 0.3 is 11.9 Å². The summed E-state index contributed by atoms with van der Waals surface area (Å²) in [6.07, 6.45) is -26.4. The second-order valence-corrected chi connectivity index (χ2v) is 14.9. The Hall–Kier alpha value is -4.23. The quantitative estimate of drug-likeness (QED) is 0.0613. The van der Waals surface area contributed by atoms with Gasteiger partial charge in [0, 0.05) is 32.4 Å². The van der Waals surface area contributed by atoms with Crippen molar-refractivity contribution < 1.29 is 109 Å². The van der Waals surface area contributed by atoms with Crippen LogP contribution in [-0.4, -0.2) is 209 Å². The van der Waals surface area contributed by atoms with E-state index >= 15 is 0 Å². The molecule has 0 saturated carbocycles. The zero-order valence-electron chi connectivity index (χ0n) is 33.3. The van der Waals surface area contributed by atoms with Gasteiger partial charge in [0.1, 0.15) is 78.9 Å². The van der Waals surface area contributed by atoms with Crippen molar-refractivity contribution in [2.75, 3.05) is 25.1 Å². The second-order valence-electron chi connectivity index (χ2n) is 14.9. The first-order valence-corrected chi connectivity index (χ1v) is 19.2. The van der Waals surface area contributed by atoms with E-state index in [4.69, 9.17) is 39.3 Å². The van der Waals surface area contributed by atoms with Crippen molar-refractivity contribution in [3.8, 4) is 5.75 Å². The molecule has 1 aromatic rings. The summed E-state index contributed by atoms with van der Waals surface area (Å²) >= 11 is 0. The van der Waals surface area contributed by atoms with Gasteiger partial charge in [0.2, 0.25) is 24.0 Å². The first kappa shape index (κ1) is 50.4. The minimum atomic E-state index is -3.09. The first-order valence-electron chi connectivity index (χ1n) is 19.2. The molecule has 3 amide bonds. The highest BCUT2D eigenvalue weighted by atomic mass is 16.8. The second kappa shape index (κ2) is 21.9. The van der Waals surface area contributed by atoms with Crippen LogP contribution in [0.25, 0.3) is 0 Å². The number of carbonyl (C=O) groups excluding carboxylic acids is 3. The van der Waals surface area contributed by atoms with Gasteiger partial charge in [-0.25, -0.2) is 4.79 Å². The number of anilines is 1. The van der Waals surface area contributed by atoms with E-state index in [-0.39, 0.29) is 24.3 Å². The van der Waals surface area contributed by atoms with Gasteiger partial charge in [-0.15, -0.1) is 0 Å². The lowest BCUT2D eigenvalue weighted by Crippen LogP contribution is -2.71. The molecule has 350 valence electrons. The number of benzene rings is 1. The molecule has 0 aromatic heterocycles. The fourth-order valence-electron chi connectivity index (χ4n) is 7.04. The third-order valence-corrected chi connectivity index (χ3v) is 10.2. The third kappa shape index (κ3) is 12.1. The molecule has 3 fully saturated rings. The van der Waals surface area contributed by atoms with Crippen LogP contribution in [0.15, 0.2) is 24.3 Å². The van der Waals surface area contributed by atoms with E-state index in [1.807, 2.05) is 0 Å². The number of ether oxygens (including phenoxy) is 6. The van der Waals surface area contributed by atoms with Gasteiger partial charge in [-0.3, -0.25) is 19.2 Å². The standard InChI is InChI=1S/C36H54N4O22/c1-13(44)38-23-18(46)9-36(35(55)56,61-30(23)25(49)19(47)10-41)62-31-26(50)20(11-42)58-34(28(31)52)60-29-21(12-43)59-33(24(27(29)51)39-14(2)45)57-16-5-3-15(4-6-16)40-22(48)8-7-17(37)32(53)54/h3-6,17-21,23-31,33-34,41-43,46-47,49-52H,7-12,37H2,1-2H3,(H,38,44)(H,39,45)(H,40,48)(H,53,54)(H,55,56)/t17-,18-,19+,20+,21+,23+,24+,25+,26-,27+,28+,29-,30+,31-,33-,34-,36-/m0/s1. The molecule has 1 aromatic carbocycles. The maximum atomic E-state index is 12.8. The smallest absolute Gasteiger partial charge is 0.364 e. The average molecular weight is 895 g/mol. The average Bonchev–Trinajstić information content (AvgIpc) is 3.22. The van der Waals surface area contributed by atoms with Crippen LogP contribution in [0.2, 0.25) is 0 Å². The van der Waals surface area contributed by atoms with Gasteiger partial charge in [0.15, 0.2) is 6.29 Å². The number of carbonyl (C=O) groups is 5. The molecule has 4 rings (SSSR count). The highest BCUT2D eigenvalue weighted by Gasteiger charge is 2.60. The molecule has 3 aliphatic rings. The molecule has 16 N–H and O–H groups in total. The molecule has 62 heavy (non-hydrogen) atoms. The van der Waals surface area contributed by atoms with Crippen LogP contribution in [-0.2, 0) is 47.7 Å². The van der Waals surface area contributed by atoms with Crippen molar-refractivity contribution in [1.82, 2.24) is 10.6 Å². The lowest BCUT2D eigenvalue weighted by Gasteiger charge is -2.50. The monoisotopic (exact) mass is 894 g/mol. The third-order valence-electron chi connectivity index (χ3n) is 10.2. The Morgan fingerprint density at radius 1 is 0.839 bits per heavy atom. The largest absolute Gasteiger partial charge is 0.480 e. The molecular formula is C36H54N4O22. The number of hydrogen-bond acceptors (Lipinski definition) is 21. The van der Waals surface area contributed by atoms with Gasteiger partial charge < -0.3 is 106 Å². The van der Waals surface area contributed by atoms with Gasteiger partial charge in [-0.05, 0) is 30.7 Å². The predicted octanol–water partition coefficient (Wildman–Crippen LogP) is -6.86. The molecule has 0 unspecified atom stereocenters. The predicted molar refractivity (Wildman–Crippen MR) is 200 cm³/mol. The van der Waals surface area contributed by atoms with Crippen LogP contribution in [0.5, 0.6) is 5.75 Å². The number of hydrogen-bond donors (Lipinski definition) is 15. The van der Waals surface area contributed by atoms with Gasteiger partial charge in [-0.1, -0.05) is 0 Å².